The summed E-state index contributed by atoms with van der Waals surface area (Å²) in [6, 6.07) is 5.64. The Kier molecular flexibility index (Phi) is 4.71. The highest BCUT2D eigenvalue weighted by Gasteiger charge is 2.34. The number of aromatic nitrogens is 2. The number of benzene rings is 1. The number of fused-ring (bicyclic) bond motifs is 5. The number of hydrogen-bond acceptors (Lipinski definition) is 4. The van der Waals surface area contributed by atoms with E-state index in [4.69, 9.17) is 4.74 Å². The summed E-state index contributed by atoms with van der Waals surface area (Å²) in [5.41, 5.74) is 1.56. The van der Waals surface area contributed by atoms with Gasteiger partial charge in [0.15, 0.2) is 5.78 Å². The van der Waals surface area contributed by atoms with Gasteiger partial charge in [-0.05, 0) is 24.6 Å². The minimum Gasteiger partial charge on any atom is -0.495 e. The van der Waals surface area contributed by atoms with Gasteiger partial charge in [0.2, 0.25) is 0 Å². The molecule has 0 aliphatic heterocycles. The molecule has 1 aliphatic rings. The zero-order valence-electron chi connectivity index (χ0n) is 15.9. The Balaban J connectivity index is 1.99. The molecular formula is C22H21FN2O3. The zero-order chi connectivity index (χ0) is 19.8. The van der Waals surface area contributed by atoms with E-state index in [0.717, 1.165) is 25.7 Å². The van der Waals surface area contributed by atoms with Gasteiger partial charge in [0.05, 0.1) is 41.2 Å². The molecule has 6 heteroatoms. The molecule has 5 nitrogen and oxygen atoms in total. The second kappa shape index (κ2) is 7.19. The SMILES string of the molecule is CCCCCCn1c2c(c3ccc(F)cc3c1=O)C(=O)c1cc(OC)cnc1-2. The fraction of sp³-hybridized carbons (Fsp3) is 0.318. The van der Waals surface area contributed by atoms with Crippen molar-refractivity contribution in [3.05, 3.63) is 57.8 Å². The molecule has 0 fully saturated rings. The van der Waals surface area contributed by atoms with Gasteiger partial charge in [0.25, 0.3) is 5.56 Å². The lowest BCUT2D eigenvalue weighted by molar-refractivity contribution is 0.104. The molecule has 0 spiro atoms. The van der Waals surface area contributed by atoms with Crippen LogP contribution in [-0.2, 0) is 6.54 Å². The number of carbonyl (C=O) groups excluding carboxylic acids is 1. The number of ether oxygens (including phenoxy) is 1. The summed E-state index contributed by atoms with van der Waals surface area (Å²) in [6.07, 6.45) is 5.49. The van der Waals surface area contributed by atoms with E-state index in [1.54, 1.807) is 16.8 Å². The maximum atomic E-state index is 13.8. The fourth-order valence-corrected chi connectivity index (χ4v) is 3.86. The maximum absolute atomic E-state index is 13.8. The third-order valence-corrected chi connectivity index (χ3v) is 5.26. The smallest absolute Gasteiger partial charge is 0.259 e. The first-order chi connectivity index (χ1) is 13.6. The van der Waals surface area contributed by atoms with Crippen LogP contribution in [0.4, 0.5) is 4.39 Å². The normalized spacial score (nSPS) is 12.3. The van der Waals surface area contributed by atoms with Crippen molar-refractivity contribution in [2.24, 2.45) is 0 Å². The second-order valence-electron chi connectivity index (χ2n) is 7.03. The molecule has 3 aromatic rings. The molecule has 28 heavy (non-hydrogen) atoms. The minimum absolute atomic E-state index is 0.213. The number of pyridine rings is 2. The maximum Gasteiger partial charge on any atom is 0.259 e. The first-order valence-electron chi connectivity index (χ1n) is 9.52. The molecule has 0 unspecified atom stereocenters. The highest BCUT2D eigenvalue weighted by atomic mass is 19.1. The molecule has 1 aliphatic carbocycles. The number of nitrogens with zero attached hydrogens (tertiary/aromatic N) is 2. The molecule has 0 atom stereocenters. The van der Waals surface area contributed by atoms with Gasteiger partial charge in [0.1, 0.15) is 11.6 Å². The van der Waals surface area contributed by atoms with Gasteiger partial charge in [0, 0.05) is 11.9 Å². The van der Waals surface area contributed by atoms with E-state index in [2.05, 4.69) is 11.9 Å². The van der Waals surface area contributed by atoms with Crippen molar-refractivity contribution in [1.82, 2.24) is 9.55 Å². The first-order valence-corrected chi connectivity index (χ1v) is 9.52. The fourth-order valence-electron chi connectivity index (χ4n) is 3.86. The lowest BCUT2D eigenvalue weighted by Gasteiger charge is -2.14. The summed E-state index contributed by atoms with van der Waals surface area (Å²) < 4.78 is 20.6. The van der Waals surface area contributed by atoms with Crippen LogP contribution in [-0.4, -0.2) is 22.4 Å². The summed E-state index contributed by atoms with van der Waals surface area (Å²) in [7, 11) is 1.51. The summed E-state index contributed by atoms with van der Waals surface area (Å²) in [6.45, 7) is 2.59. The van der Waals surface area contributed by atoms with E-state index in [-0.39, 0.29) is 16.7 Å². The van der Waals surface area contributed by atoms with Gasteiger partial charge in [-0.2, -0.15) is 0 Å². The van der Waals surface area contributed by atoms with E-state index in [0.29, 0.717) is 40.2 Å². The summed E-state index contributed by atoms with van der Waals surface area (Å²) in [4.78, 5) is 30.8. The number of methoxy groups -OCH3 is 1. The number of halogens is 1. The van der Waals surface area contributed by atoms with Crippen molar-refractivity contribution in [1.29, 1.82) is 0 Å². The van der Waals surface area contributed by atoms with Crippen LogP contribution >= 0.6 is 0 Å². The molecule has 0 saturated heterocycles. The van der Waals surface area contributed by atoms with Gasteiger partial charge >= 0.3 is 0 Å². The van der Waals surface area contributed by atoms with Gasteiger partial charge in [-0.1, -0.05) is 32.3 Å². The molecule has 0 bridgehead atoms. The monoisotopic (exact) mass is 380 g/mol. The Morgan fingerprint density at radius 1 is 1.11 bits per heavy atom. The topological polar surface area (TPSA) is 61.2 Å². The van der Waals surface area contributed by atoms with Gasteiger partial charge in [-0.15, -0.1) is 0 Å². The number of carbonyl (C=O) groups is 1. The predicted octanol–water partition coefficient (Wildman–Crippen LogP) is 4.34. The highest BCUT2D eigenvalue weighted by Crippen LogP contribution is 2.39. The van der Waals surface area contributed by atoms with Crippen LogP contribution in [0.15, 0.2) is 35.3 Å². The molecule has 0 N–H and O–H groups in total. The van der Waals surface area contributed by atoms with Crippen molar-refractivity contribution >= 4 is 16.6 Å². The van der Waals surface area contributed by atoms with Gasteiger partial charge in [-0.3, -0.25) is 14.6 Å². The summed E-state index contributed by atoms with van der Waals surface area (Å²) in [5, 5.41) is 0.690. The molecule has 0 saturated carbocycles. The Labute approximate surface area is 161 Å². The van der Waals surface area contributed by atoms with Crippen molar-refractivity contribution in [2.45, 2.75) is 39.2 Å². The largest absolute Gasteiger partial charge is 0.495 e. The van der Waals surface area contributed by atoms with Crippen molar-refractivity contribution in [3.63, 3.8) is 0 Å². The van der Waals surface area contributed by atoms with E-state index in [9.17, 15) is 14.0 Å². The number of ketones is 1. The standard InChI is InChI=1S/C22H21FN2O3/c1-3-4-5-6-9-25-20-18(15-8-7-13(23)10-16(15)22(25)27)21(26)17-11-14(28-2)12-24-19(17)20/h7-8,10-12H,3-6,9H2,1-2H3. The number of hydrogen-bond donors (Lipinski definition) is 0. The number of unbranched alkanes of at least 4 members (excludes halogenated alkanes) is 3. The quantitative estimate of drug-likeness (QED) is 0.467. The van der Waals surface area contributed by atoms with Crippen LogP contribution in [0.25, 0.3) is 22.2 Å². The van der Waals surface area contributed by atoms with Gasteiger partial charge in [-0.25, -0.2) is 4.39 Å². The summed E-state index contributed by atoms with van der Waals surface area (Å²) in [5.74, 6) is -0.229. The van der Waals surface area contributed by atoms with Crippen LogP contribution in [0.2, 0.25) is 0 Å². The van der Waals surface area contributed by atoms with Crippen LogP contribution in [0.3, 0.4) is 0 Å². The minimum atomic E-state index is -0.496. The third-order valence-electron chi connectivity index (χ3n) is 5.26. The van der Waals surface area contributed by atoms with E-state index in [1.807, 2.05) is 0 Å². The highest BCUT2D eigenvalue weighted by molar-refractivity contribution is 6.26. The molecule has 0 amide bonds. The van der Waals surface area contributed by atoms with E-state index >= 15 is 0 Å². The van der Waals surface area contributed by atoms with Crippen LogP contribution in [0, 0.1) is 5.82 Å². The average Bonchev–Trinajstić information content (AvgIpc) is 2.99. The Morgan fingerprint density at radius 2 is 1.93 bits per heavy atom. The van der Waals surface area contributed by atoms with Crippen molar-refractivity contribution in [3.8, 4) is 17.1 Å². The summed E-state index contributed by atoms with van der Waals surface area (Å²) >= 11 is 0. The van der Waals surface area contributed by atoms with Crippen LogP contribution in [0.5, 0.6) is 5.75 Å². The molecule has 1 aromatic carbocycles. The molecule has 144 valence electrons. The van der Waals surface area contributed by atoms with Crippen molar-refractivity contribution < 1.29 is 13.9 Å². The average molecular weight is 380 g/mol. The zero-order valence-corrected chi connectivity index (χ0v) is 15.9. The lowest BCUT2D eigenvalue weighted by atomic mass is 10.0. The molecule has 0 radical (unpaired) electrons. The lowest BCUT2D eigenvalue weighted by Crippen LogP contribution is -2.23. The second-order valence-corrected chi connectivity index (χ2v) is 7.03. The Hall–Kier alpha value is -3.02. The number of rotatable bonds is 6. The third kappa shape index (κ3) is 2.80. The van der Waals surface area contributed by atoms with Crippen LogP contribution < -0.4 is 10.3 Å². The molecule has 2 aromatic heterocycles. The molecule has 4 rings (SSSR count). The van der Waals surface area contributed by atoms with Gasteiger partial charge < -0.3 is 9.30 Å². The van der Waals surface area contributed by atoms with Crippen LogP contribution in [0.1, 0.15) is 48.5 Å². The molecule has 2 heterocycles. The van der Waals surface area contributed by atoms with E-state index < -0.39 is 5.82 Å². The Bertz CT molecular complexity index is 1150. The predicted molar refractivity (Wildman–Crippen MR) is 106 cm³/mol. The Morgan fingerprint density at radius 3 is 2.68 bits per heavy atom. The van der Waals surface area contributed by atoms with Crippen molar-refractivity contribution in [2.75, 3.05) is 7.11 Å². The first kappa shape index (κ1) is 18.3. The van der Waals surface area contributed by atoms with E-state index in [1.165, 1.54) is 25.3 Å². The molecular weight excluding hydrogens is 359 g/mol.